The monoisotopic (exact) mass is 308 g/mol. The number of aromatic nitrogens is 3. The van der Waals surface area contributed by atoms with Crippen molar-refractivity contribution < 1.29 is 4.74 Å². The van der Waals surface area contributed by atoms with Crippen molar-refractivity contribution in [1.29, 1.82) is 0 Å². The molecular weight excluding hydrogens is 288 g/mol. The number of nitrogens with zero attached hydrogens (tertiary/aromatic N) is 3. The fourth-order valence-corrected chi connectivity index (χ4v) is 2.98. The average Bonchev–Trinajstić information content (AvgIpc) is 3.10. The lowest BCUT2D eigenvalue weighted by Crippen LogP contribution is -2.27. The number of hydrogen-bond acceptors (Lipinski definition) is 4. The molecule has 0 bridgehead atoms. The molecule has 5 nitrogen and oxygen atoms in total. The van der Waals surface area contributed by atoms with E-state index < -0.39 is 0 Å². The Labute approximate surface area is 135 Å². The first-order valence-electron chi connectivity index (χ1n) is 8.15. The predicted molar refractivity (Wildman–Crippen MR) is 90.5 cm³/mol. The van der Waals surface area contributed by atoms with Crippen LogP contribution in [0.4, 0.5) is 5.82 Å². The van der Waals surface area contributed by atoms with Gasteiger partial charge in [-0.2, -0.15) is 0 Å². The van der Waals surface area contributed by atoms with Crippen molar-refractivity contribution in [3.8, 4) is 11.3 Å². The lowest BCUT2D eigenvalue weighted by atomic mass is 10.1. The molecule has 2 aromatic heterocycles. The van der Waals surface area contributed by atoms with Crippen LogP contribution in [0, 0.1) is 0 Å². The Morgan fingerprint density at radius 3 is 2.96 bits per heavy atom. The largest absolute Gasteiger partial charge is 0.376 e. The molecule has 3 aromatic rings. The first-order valence-corrected chi connectivity index (χ1v) is 8.15. The van der Waals surface area contributed by atoms with E-state index in [4.69, 9.17) is 9.72 Å². The van der Waals surface area contributed by atoms with Gasteiger partial charge in [0.2, 0.25) is 0 Å². The average molecular weight is 308 g/mol. The van der Waals surface area contributed by atoms with Gasteiger partial charge in [0.05, 0.1) is 11.8 Å². The minimum Gasteiger partial charge on any atom is -0.376 e. The summed E-state index contributed by atoms with van der Waals surface area (Å²) in [7, 11) is 0. The maximum Gasteiger partial charge on any atom is 0.180 e. The van der Waals surface area contributed by atoms with E-state index in [-0.39, 0.29) is 6.10 Å². The van der Waals surface area contributed by atoms with E-state index in [2.05, 4.69) is 22.4 Å². The Morgan fingerprint density at radius 1 is 1.22 bits per heavy atom. The molecule has 0 radical (unpaired) electrons. The molecule has 1 aromatic carbocycles. The lowest BCUT2D eigenvalue weighted by Gasteiger charge is -2.23. The molecule has 0 amide bonds. The summed E-state index contributed by atoms with van der Waals surface area (Å²) >= 11 is 0. The predicted octanol–water partition coefficient (Wildman–Crippen LogP) is 3.38. The molecule has 0 saturated carbocycles. The van der Waals surface area contributed by atoms with Crippen molar-refractivity contribution in [1.82, 2.24) is 14.4 Å². The summed E-state index contributed by atoms with van der Waals surface area (Å²) in [5.74, 6) is 0.811. The number of ether oxygens (including phenoxy) is 1. The number of anilines is 1. The van der Waals surface area contributed by atoms with E-state index in [1.165, 1.54) is 12.8 Å². The third kappa shape index (κ3) is 3.05. The van der Waals surface area contributed by atoms with E-state index in [0.29, 0.717) is 0 Å². The molecule has 0 aliphatic carbocycles. The van der Waals surface area contributed by atoms with Crippen LogP contribution in [0.2, 0.25) is 0 Å². The molecule has 1 N–H and O–H groups in total. The van der Waals surface area contributed by atoms with Gasteiger partial charge in [0.1, 0.15) is 0 Å². The summed E-state index contributed by atoms with van der Waals surface area (Å²) in [5.41, 5.74) is 2.88. The number of benzene rings is 1. The van der Waals surface area contributed by atoms with E-state index in [0.717, 1.165) is 42.3 Å². The van der Waals surface area contributed by atoms with Crippen molar-refractivity contribution in [2.24, 2.45) is 0 Å². The molecule has 1 fully saturated rings. The lowest BCUT2D eigenvalue weighted by molar-refractivity contribution is 0.0247. The van der Waals surface area contributed by atoms with Gasteiger partial charge in [0.15, 0.2) is 11.5 Å². The van der Waals surface area contributed by atoms with Crippen LogP contribution in [0.25, 0.3) is 16.9 Å². The van der Waals surface area contributed by atoms with E-state index in [1.54, 1.807) is 6.20 Å². The highest BCUT2D eigenvalue weighted by Gasteiger charge is 2.15. The fourth-order valence-electron chi connectivity index (χ4n) is 2.98. The molecule has 23 heavy (non-hydrogen) atoms. The second-order valence-electron chi connectivity index (χ2n) is 5.87. The standard InChI is InChI=1S/C18H20N4O/c1-2-6-14(7-3-1)16-13-22-10-9-19-18(22)17(21-16)20-12-15-8-4-5-11-23-15/h1-3,6-7,9-10,13,15H,4-5,8,11-12H2,(H,20,21). The van der Waals surface area contributed by atoms with Gasteiger partial charge in [0, 0.05) is 37.3 Å². The molecule has 5 heteroatoms. The van der Waals surface area contributed by atoms with E-state index in [1.807, 2.05) is 35.0 Å². The molecule has 4 rings (SSSR count). The normalized spacial score (nSPS) is 18.2. The van der Waals surface area contributed by atoms with Gasteiger partial charge >= 0.3 is 0 Å². The third-order valence-electron chi connectivity index (χ3n) is 4.21. The Morgan fingerprint density at radius 2 is 2.13 bits per heavy atom. The summed E-state index contributed by atoms with van der Waals surface area (Å²) in [4.78, 5) is 9.19. The topological polar surface area (TPSA) is 51.5 Å². The summed E-state index contributed by atoms with van der Waals surface area (Å²) in [6.45, 7) is 1.64. The SMILES string of the molecule is c1ccc(-c2cn3ccnc3c(NCC3CCCCO3)n2)cc1. The second-order valence-corrected chi connectivity index (χ2v) is 5.87. The quantitative estimate of drug-likeness (QED) is 0.803. The van der Waals surface area contributed by atoms with Gasteiger partial charge in [-0.25, -0.2) is 9.97 Å². The van der Waals surface area contributed by atoms with Gasteiger partial charge < -0.3 is 14.5 Å². The zero-order valence-electron chi connectivity index (χ0n) is 13.0. The molecule has 1 atom stereocenters. The third-order valence-corrected chi connectivity index (χ3v) is 4.21. The zero-order chi connectivity index (χ0) is 15.5. The highest BCUT2D eigenvalue weighted by atomic mass is 16.5. The maximum absolute atomic E-state index is 5.79. The number of fused-ring (bicyclic) bond motifs is 1. The Kier molecular flexibility index (Phi) is 3.94. The second kappa shape index (κ2) is 6.38. The number of hydrogen-bond donors (Lipinski definition) is 1. The molecule has 0 spiro atoms. The van der Waals surface area contributed by atoms with Gasteiger partial charge in [-0.05, 0) is 19.3 Å². The van der Waals surface area contributed by atoms with Crippen molar-refractivity contribution in [2.45, 2.75) is 25.4 Å². The van der Waals surface area contributed by atoms with Crippen LogP contribution in [-0.2, 0) is 4.74 Å². The zero-order valence-corrected chi connectivity index (χ0v) is 13.0. The molecule has 1 aliphatic heterocycles. The van der Waals surface area contributed by atoms with Crippen molar-refractivity contribution in [2.75, 3.05) is 18.5 Å². The van der Waals surface area contributed by atoms with Gasteiger partial charge in [-0.3, -0.25) is 0 Å². The van der Waals surface area contributed by atoms with Gasteiger partial charge in [-0.15, -0.1) is 0 Å². The highest BCUT2D eigenvalue weighted by molar-refractivity contribution is 5.69. The summed E-state index contributed by atoms with van der Waals surface area (Å²) in [6, 6.07) is 10.2. The molecule has 3 heterocycles. The first-order chi connectivity index (χ1) is 11.4. The van der Waals surface area contributed by atoms with Crippen molar-refractivity contribution >= 4 is 11.5 Å². The first kappa shape index (κ1) is 14.2. The Balaban J connectivity index is 1.63. The van der Waals surface area contributed by atoms with Crippen LogP contribution in [0.15, 0.2) is 48.9 Å². The molecule has 118 valence electrons. The highest BCUT2D eigenvalue weighted by Crippen LogP contribution is 2.22. The Hall–Kier alpha value is -2.40. The van der Waals surface area contributed by atoms with E-state index in [9.17, 15) is 0 Å². The van der Waals surface area contributed by atoms with Crippen LogP contribution in [-0.4, -0.2) is 33.6 Å². The van der Waals surface area contributed by atoms with Crippen molar-refractivity contribution in [3.63, 3.8) is 0 Å². The van der Waals surface area contributed by atoms with Crippen LogP contribution in [0.1, 0.15) is 19.3 Å². The maximum atomic E-state index is 5.79. The van der Waals surface area contributed by atoms with Crippen LogP contribution >= 0.6 is 0 Å². The smallest absolute Gasteiger partial charge is 0.180 e. The summed E-state index contributed by atoms with van der Waals surface area (Å²) in [6.07, 6.45) is 9.54. The van der Waals surface area contributed by atoms with Crippen LogP contribution in [0.5, 0.6) is 0 Å². The number of imidazole rings is 1. The number of rotatable bonds is 4. The minimum absolute atomic E-state index is 0.265. The summed E-state index contributed by atoms with van der Waals surface area (Å²) in [5, 5.41) is 3.43. The number of nitrogens with one attached hydrogen (secondary N) is 1. The summed E-state index contributed by atoms with van der Waals surface area (Å²) < 4.78 is 7.80. The fraction of sp³-hybridized carbons (Fsp3) is 0.333. The Bertz CT molecular complexity index is 778. The molecule has 1 aliphatic rings. The minimum atomic E-state index is 0.265. The molecule has 1 unspecified atom stereocenters. The van der Waals surface area contributed by atoms with Gasteiger partial charge in [-0.1, -0.05) is 30.3 Å². The molecule has 1 saturated heterocycles. The van der Waals surface area contributed by atoms with Crippen LogP contribution < -0.4 is 5.32 Å². The van der Waals surface area contributed by atoms with E-state index >= 15 is 0 Å². The van der Waals surface area contributed by atoms with Crippen molar-refractivity contribution in [3.05, 3.63) is 48.9 Å². The van der Waals surface area contributed by atoms with Crippen LogP contribution in [0.3, 0.4) is 0 Å². The molecular formula is C18H20N4O. The van der Waals surface area contributed by atoms with Gasteiger partial charge in [0.25, 0.3) is 0 Å².